The number of halogens is 3. The van der Waals surface area contributed by atoms with Crippen molar-refractivity contribution in [2.75, 3.05) is 37.6 Å². The second kappa shape index (κ2) is 10.4. The third kappa shape index (κ3) is 6.16. The summed E-state index contributed by atoms with van der Waals surface area (Å²) in [5, 5.41) is 16.1. The van der Waals surface area contributed by atoms with Gasteiger partial charge in [0, 0.05) is 22.9 Å². The molecule has 2 heterocycles. The molecule has 2 atom stereocenters. The SMILES string of the molecule is N[S+]([O-])NCC1CCN(CC(O)CN2c3ccccc3Sc3ccc(C(F)(F)F)cc32)CC1. The summed E-state index contributed by atoms with van der Waals surface area (Å²) in [7, 11) is 0. The predicted octanol–water partition coefficient (Wildman–Crippen LogP) is 3.51. The van der Waals surface area contributed by atoms with Crippen LogP contribution < -0.4 is 14.8 Å². The number of nitrogens with two attached hydrogens (primary N) is 1. The zero-order valence-corrected chi connectivity index (χ0v) is 19.6. The molecule has 33 heavy (non-hydrogen) atoms. The van der Waals surface area contributed by atoms with Gasteiger partial charge in [0.2, 0.25) is 0 Å². The van der Waals surface area contributed by atoms with Gasteiger partial charge in [0.05, 0.1) is 29.6 Å². The number of hydrogen-bond donors (Lipinski definition) is 3. The van der Waals surface area contributed by atoms with Crippen molar-refractivity contribution in [3.63, 3.8) is 0 Å². The highest BCUT2D eigenvalue weighted by Gasteiger charge is 2.34. The number of para-hydroxylation sites is 1. The molecule has 2 unspecified atom stereocenters. The largest absolute Gasteiger partial charge is 0.579 e. The Morgan fingerprint density at radius 1 is 1.12 bits per heavy atom. The van der Waals surface area contributed by atoms with Gasteiger partial charge in [-0.25, -0.2) is 0 Å². The van der Waals surface area contributed by atoms with E-state index in [1.807, 2.05) is 24.3 Å². The summed E-state index contributed by atoms with van der Waals surface area (Å²) in [5.41, 5.74) is 0.565. The van der Waals surface area contributed by atoms with Crippen LogP contribution in [0, 0.1) is 5.92 Å². The van der Waals surface area contributed by atoms with Crippen molar-refractivity contribution in [3.05, 3.63) is 48.0 Å². The summed E-state index contributed by atoms with van der Waals surface area (Å²) in [5.74, 6) is 0.379. The summed E-state index contributed by atoms with van der Waals surface area (Å²) in [4.78, 5) is 5.65. The Labute approximate surface area is 198 Å². The van der Waals surface area contributed by atoms with Gasteiger partial charge in [-0.1, -0.05) is 23.9 Å². The van der Waals surface area contributed by atoms with Gasteiger partial charge in [-0.2, -0.15) is 13.2 Å². The zero-order valence-electron chi connectivity index (χ0n) is 17.9. The molecule has 2 aromatic rings. The topological polar surface area (TPSA) is 87.8 Å². The first kappa shape index (κ1) is 24.6. The van der Waals surface area contributed by atoms with Crippen LogP contribution in [-0.2, 0) is 17.7 Å². The molecule has 2 aliphatic heterocycles. The smallest absolute Gasteiger partial charge is 0.416 e. The molecule has 0 bridgehead atoms. The van der Waals surface area contributed by atoms with Gasteiger partial charge in [-0.15, -0.1) is 9.86 Å². The lowest BCUT2D eigenvalue weighted by molar-refractivity contribution is -0.137. The van der Waals surface area contributed by atoms with Gasteiger partial charge in [-0.3, -0.25) is 0 Å². The highest BCUT2D eigenvalue weighted by Crippen LogP contribution is 2.49. The second-order valence-corrected chi connectivity index (χ2v) is 10.4. The number of hydrogen-bond acceptors (Lipinski definition) is 7. The normalized spacial score (nSPS) is 19.2. The number of alkyl halides is 3. The molecule has 0 amide bonds. The first-order chi connectivity index (χ1) is 15.7. The summed E-state index contributed by atoms with van der Waals surface area (Å²) in [6.07, 6.45) is -3.37. The molecule has 0 spiro atoms. The predicted molar refractivity (Wildman–Crippen MR) is 125 cm³/mol. The minimum absolute atomic E-state index is 0.194. The Morgan fingerprint density at radius 3 is 2.52 bits per heavy atom. The lowest BCUT2D eigenvalue weighted by atomic mass is 9.97. The molecular formula is C22H27F3N4O2S2. The summed E-state index contributed by atoms with van der Waals surface area (Å²) in [6.45, 7) is 2.81. The Hall–Kier alpha value is -1.47. The van der Waals surface area contributed by atoms with E-state index in [1.165, 1.54) is 23.9 Å². The zero-order chi connectivity index (χ0) is 23.6. The van der Waals surface area contributed by atoms with Crippen molar-refractivity contribution in [1.29, 1.82) is 0 Å². The van der Waals surface area contributed by atoms with Crippen LogP contribution in [0.4, 0.5) is 24.5 Å². The van der Waals surface area contributed by atoms with Crippen molar-refractivity contribution in [3.8, 4) is 0 Å². The maximum absolute atomic E-state index is 13.4. The second-order valence-electron chi connectivity index (χ2n) is 8.40. The number of benzene rings is 2. The fourth-order valence-corrected chi connectivity index (χ4v) is 5.82. The van der Waals surface area contributed by atoms with E-state index in [-0.39, 0.29) is 6.54 Å². The fourth-order valence-electron chi connectivity index (χ4n) is 4.34. The van der Waals surface area contributed by atoms with Gasteiger partial charge in [-0.05, 0) is 62.2 Å². The van der Waals surface area contributed by atoms with Gasteiger partial charge in [0.1, 0.15) is 11.5 Å². The Kier molecular flexibility index (Phi) is 7.79. The number of aliphatic hydroxyl groups is 1. The van der Waals surface area contributed by atoms with Crippen molar-refractivity contribution in [2.24, 2.45) is 11.1 Å². The lowest BCUT2D eigenvalue weighted by Gasteiger charge is -2.37. The maximum atomic E-state index is 13.4. The Balaban J connectivity index is 1.45. The maximum Gasteiger partial charge on any atom is 0.416 e. The van der Waals surface area contributed by atoms with E-state index in [0.29, 0.717) is 24.7 Å². The number of nitrogens with zero attached hydrogens (tertiary/aromatic N) is 2. The Morgan fingerprint density at radius 2 is 1.82 bits per heavy atom. The molecule has 4 rings (SSSR count). The standard InChI is InChI=1S/C22H27F3N4O2S2/c23-22(24,25)16-5-6-21-19(11-16)29(18-3-1-2-4-20(18)32-21)14-17(30)13-28-9-7-15(8-10-28)12-27-33(26)31/h1-6,11,15,17,27,30H,7-10,12-14,26H2. The first-order valence-electron chi connectivity index (χ1n) is 10.8. The third-order valence-electron chi connectivity index (χ3n) is 6.04. The number of rotatable bonds is 7. The number of aliphatic hydroxyl groups excluding tert-OH is 1. The minimum atomic E-state index is -4.43. The number of β-amino-alcohol motifs (C(OH)–C–C–N with tert-alkyl or cyclic N) is 1. The average Bonchev–Trinajstić information content (AvgIpc) is 2.77. The molecule has 0 radical (unpaired) electrons. The van der Waals surface area contributed by atoms with Crippen molar-refractivity contribution < 1.29 is 22.8 Å². The molecule has 0 saturated carbocycles. The summed E-state index contributed by atoms with van der Waals surface area (Å²) < 4.78 is 53.9. The van der Waals surface area contributed by atoms with Crippen LogP contribution in [0.1, 0.15) is 18.4 Å². The van der Waals surface area contributed by atoms with E-state index in [9.17, 15) is 22.8 Å². The molecule has 0 aliphatic carbocycles. The quantitative estimate of drug-likeness (QED) is 0.502. The summed E-state index contributed by atoms with van der Waals surface area (Å²) >= 11 is -0.0770. The van der Waals surface area contributed by atoms with Gasteiger partial charge < -0.3 is 19.5 Å². The van der Waals surface area contributed by atoms with Crippen LogP contribution >= 0.6 is 11.8 Å². The van der Waals surface area contributed by atoms with Crippen LogP contribution in [0.25, 0.3) is 0 Å². The lowest BCUT2D eigenvalue weighted by Crippen LogP contribution is -2.44. The van der Waals surface area contributed by atoms with E-state index in [1.54, 1.807) is 4.90 Å². The van der Waals surface area contributed by atoms with Crippen LogP contribution in [0.5, 0.6) is 0 Å². The molecule has 4 N–H and O–H groups in total. The number of fused-ring (bicyclic) bond motifs is 2. The Bertz CT molecular complexity index is 955. The molecule has 11 heteroatoms. The highest BCUT2D eigenvalue weighted by molar-refractivity contribution is 7.99. The minimum Gasteiger partial charge on any atom is -0.579 e. The molecule has 1 saturated heterocycles. The number of likely N-dealkylation sites (tertiary alicyclic amines) is 1. The van der Waals surface area contributed by atoms with Crippen LogP contribution in [0.2, 0.25) is 0 Å². The van der Waals surface area contributed by atoms with E-state index in [2.05, 4.69) is 9.62 Å². The first-order valence-corrected chi connectivity index (χ1v) is 12.8. The van der Waals surface area contributed by atoms with Crippen molar-refractivity contribution in [2.45, 2.75) is 34.9 Å². The van der Waals surface area contributed by atoms with Crippen LogP contribution in [-0.4, -0.2) is 53.4 Å². The van der Waals surface area contributed by atoms with E-state index >= 15 is 0 Å². The fraction of sp³-hybridized carbons (Fsp3) is 0.455. The van der Waals surface area contributed by atoms with Crippen molar-refractivity contribution >= 4 is 34.7 Å². The molecule has 180 valence electrons. The van der Waals surface area contributed by atoms with Crippen LogP contribution in [0.3, 0.4) is 0 Å². The number of anilines is 2. The molecule has 2 aliphatic rings. The van der Waals surface area contributed by atoms with Crippen molar-refractivity contribution in [1.82, 2.24) is 9.62 Å². The van der Waals surface area contributed by atoms with Gasteiger partial charge >= 0.3 is 6.18 Å². The van der Waals surface area contributed by atoms with Gasteiger partial charge in [0.25, 0.3) is 0 Å². The number of nitrogens with one attached hydrogen (secondary N) is 1. The molecular weight excluding hydrogens is 473 g/mol. The molecule has 6 nitrogen and oxygen atoms in total. The average molecular weight is 501 g/mol. The third-order valence-corrected chi connectivity index (χ3v) is 7.62. The molecule has 1 fully saturated rings. The molecule has 0 aromatic heterocycles. The molecule has 2 aromatic carbocycles. The summed E-state index contributed by atoms with van der Waals surface area (Å²) in [6, 6.07) is 11.3. The number of piperidine rings is 1. The van der Waals surface area contributed by atoms with E-state index < -0.39 is 29.4 Å². The van der Waals surface area contributed by atoms with E-state index in [4.69, 9.17) is 5.14 Å². The van der Waals surface area contributed by atoms with Gasteiger partial charge in [0.15, 0.2) is 0 Å². The van der Waals surface area contributed by atoms with Crippen LogP contribution in [0.15, 0.2) is 52.3 Å². The highest BCUT2D eigenvalue weighted by atomic mass is 32.2. The monoisotopic (exact) mass is 500 g/mol. The van der Waals surface area contributed by atoms with E-state index in [0.717, 1.165) is 47.5 Å².